The summed E-state index contributed by atoms with van der Waals surface area (Å²) in [5.74, 6) is -0.105. The van der Waals surface area contributed by atoms with Crippen molar-refractivity contribution in [1.29, 1.82) is 0 Å². The van der Waals surface area contributed by atoms with Crippen molar-refractivity contribution in [2.45, 2.75) is 96.1 Å². The second-order valence-corrected chi connectivity index (χ2v) is 20.5. The van der Waals surface area contributed by atoms with Crippen molar-refractivity contribution in [2.75, 3.05) is 13.2 Å². The van der Waals surface area contributed by atoms with Gasteiger partial charge in [0.25, 0.3) is 0 Å². The Morgan fingerprint density at radius 3 is 1.96 bits per heavy atom. The lowest BCUT2D eigenvalue weighted by molar-refractivity contribution is -0.117. The highest BCUT2D eigenvalue weighted by molar-refractivity contribution is 6.74. The van der Waals surface area contributed by atoms with Crippen molar-refractivity contribution in [3.05, 3.63) is 11.1 Å². The third-order valence-electron chi connectivity index (χ3n) is 6.89. The van der Waals surface area contributed by atoms with Crippen LogP contribution in [0.4, 0.5) is 0 Å². The van der Waals surface area contributed by atoms with E-state index in [2.05, 4.69) is 67.7 Å². The van der Waals surface area contributed by atoms with Gasteiger partial charge in [-0.2, -0.15) is 0 Å². The highest BCUT2D eigenvalue weighted by Crippen LogP contribution is 2.45. The Hall–Kier alpha value is -0.316. The summed E-state index contributed by atoms with van der Waals surface area (Å²) in [6, 6.07) is 0. The van der Waals surface area contributed by atoms with Crippen LogP contribution in [0, 0.1) is 0 Å². The minimum Gasteiger partial charge on any atom is -0.413 e. The summed E-state index contributed by atoms with van der Waals surface area (Å²) in [4.78, 5) is 12.6. The largest absolute Gasteiger partial charge is 0.413 e. The van der Waals surface area contributed by atoms with Crippen LogP contribution in [-0.2, 0) is 18.4 Å². The Morgan fingerprint density at radius 2 is 1.52 bits per heavy atom. The second-order valence-electron chi connectivity index (χ2n) is 10.9. The van der Waals surface area contributed by atoms with Gasteiger partial charge in [-0.25, -0.2) is 0 Å². The molecular weight excluding hydrogens is 376 g/mol. The zero-order valence-corrected chi connectivity index (χ0v) is 20.7. The van der Waals surface area contributed by atoms with E-state index in [0.717, 1.165) is 5.57 Å². The number of ether oxygens (including phenoxy) is 1. The number of fused-ring (bicyclic) bond motifs is 1. The van der Waals surface area contributed by atoms with Crippen LogP contribution in [0.5, 0.6) is 0 Å². The van der Waals surface area contributed by atoms with Gasteiger partial charge in [0, 0.05) is 5.57 Å². The molecule has 1 saturated heterocycles. The van der Waals surface area contributed by atoms with Gasteiger partial charge >= 0.3 is 0 Å². The minimum absolute atomic E-state index is 0.0453. The van der Waals surface area contributed by atoms with Gasteiger partial charge in [-0.15, -0.1) is 0 Å². The number of aliphatic hydroxyl groups is 1. The van der Waals surface area contributed by atoms with Gasteiger partial charge in [0.2, 0.25) is 0 Å². The highest BCUT2D eigenvalue weighted by Gasteiger charge is 2.58. The van der Waals surface area contributed by atoms with Crippen LogP contribution in [0.25, 0.3) is 0 Å². The van der Waals surface area contributed by atoms with Crippen LogP contribution in [0.15, 0.2) is 11.1 Å². The summed E-state index contributed by atoms with van der Waals surface area (Å²) in [5.41, 5.74) is 1.21. The average molecular weight is 415 g/mol. The highest BCUT2D eigenvalue weighted by atomic mass is 28.4. The Bertz CT molecular complexity index is 625. The van der Waals surface area contributed by atoms with Crippen LogP contribution in [0.2, 0.25) is 36.3 Å². The maximum absolute atomic E-state index is 12.6. The van der Waals surface area contributed by atoms with E-state index < -0.39 is 22.7 Å². The fourth-order valence-corrected chi connectivity index (χ4v) is 4.93. The minimum atomic E-state index is -2.08. The molecule has 0 spiro atoms. The molecular formula is C20H38O5Si2. The van der Waals surface area contributed by atoms with E-state index in [-0.39, 0.29) is 34.7 Å². The van der Waals surface area contributed by atoms with E-state index in [1.54, 1.807) is 0 Å². The van der Waals surface area contributed by atoms with Crippen LogP contribution in [-0.4, -0.2) is 59.1 Å². The fraction of sp³-hybridized carbons (Fsp3) is 0.850. The molecule has 2 aliphatic rings. The first-order valence-corrected chi connectivity index (χ1v) is 15.7. The maximum atomic E-state index is 12.6. The Labute approximate surface area is 166 Å². The van der Waals surface area contributed by atoms with Gasteiger partial charge in [0.05, 0.1) is 19.3 Å². The molecule has 0 aromatic carbocycles. The molecule has 0 aromatic rings. The zero-order valence-electron chi connectivity index (χ0n) is 18.7. The van der Waals surface area contributed by atoms with Crippen molar-refractivity contribution >= 4 is 22.4 Å². The van der Waals surface area contributed by atoms with Gasteiger partial charge in [-0.1, -0.05) is 41.5 Å². The van der Waals surface area contributed by atoms with Crippen LogP contribution < -0.4 is 0 Å². The Balaban J connectivity index is 2.34. The van der Waals surface area contributed by atoms with Crippen molar-refractivity contribution in [3.63, 3.8) is 0 Å². The van der Waals surface area contributed by atoms with Crippen LogP contribution >= 0.6 is 0 Å². The number of aliphatic hydroxyl groups excluding tert-OH is 1. The third kappa shape index (κ3) is 4.48. The molecule has 0 aromatic heterocycles. The van der Waals surface area contributed by atoms with Gasteiger partial charge in [0.1, 0.15) is 12.2 Å². The monoisotopic (exact) mass is 414 g/mol. The van der Waals surface area contributed by atoms with Crippen molar-refractivity contribution < 1.29 is 23.5 Å². The number of ketones is 1. The fourth-order valence-electron chi connectivity index (χ4n) is 2.72. The molecule has 156 valence electrons. The second kappa shape index (κ2) is 7.18. The van der Waals surface area contributed by atoms with E-state index in [9.17, 15) is 9.90 Å². The molecule has 0 unspecified atom stereocenters. The first kappa shape index (κ1) is 23.0. The predicted octanol–water partition coefficient (Wildman–Crippen LogP) is 4.04. The molecule has 27 heavy (non-hydrogen) atoms. The normalized spacial score (nSPS) is 27.1. The molecule has 1 N–H and O–H groups in total. The predicted molar refractivity (Wildman–Crippen MR) is 113 cm³/mol. The summed E-state index contributed by atoms with van der Waals surface area (Å²) >= 11 is 0. The summed E-state index contributed by atoms with van der Waals surface area (Å²) in [7, 11) is -4.08. The summed E-state index contributed by atoms with van der Waals surface area (Å²) in [5, 5.41) is 10.0. The van der Waals surface area contributed by atoms with E-state index in [4.69, 9.17) is 13.6 Å². The molecule has 0 saturated carbocycles. The molecule has 1 aliphatic carbocycles. The molecule has 0 radical (unpaired) electrons. The summed E-state index contributed by atoms with van der Waals surface area (Å²) < 4.78 is 18.8. The average Bonchev–Trinajstić information content (AvgIpc) is 3.26. The number of hydrogen-bond donors (Lipinski definition) is 1. The van der Waals surface area contributed by atoms with Crippen molar-refractivity contribution in [1.82, 2.24) is 0 Å². The zero-order chi connectivity index (χ0) is 21.0. The molecule has 1 fully saturated rings. The number of rotatable bonds is 6. The quantitative estimate of drug-likeness (QED) is 0.525. The molecule has 2 rings (SSSR count). The first-order valence-electron chi connectivity index (χ1n) is 9.88. The standard InChI is InChI=1S/C20H38O5Si2/c1-19(2,3)26(7,8)23-12-14-13(11-21)15(22)17-18(24-17)16(14)25-27(9,10)20(4,5)6/h16-18,21H,11-12H2,1-10H3/t16-,17-,18+/m1/s1. The van der Waals surface area contributed by atoms with Gasteiger partial charge < -0.3 is 18.7 Å². The molecule has 3 atom stereocenters. The van der Waals surface area contributed by atoms with Crippen LogP contribution in [0.3, 0.4) is 0 Å². The van der Waals surface area contributed by atoms with Gasteiger partial charge in [0.15, 0.2) is 22.4 Å². The number of carbonyl (C=O) groups excluding carboxylic acids is 1. The molecule has 1 heterocycles. The lowest BCUT2D eigenvalue weighted by Gasteiger charge is -2.41. The lowest BCUT2D eigenvalue weighted by Crippen LogP contribution is -2.49. The Kier molecular flexibility index (Phi) is 6.11. The van der Waals surface area contributed by atoms with E-state index in [0.29, 0.717) is 12.2 Å². The molecule has 7 heteroatoms. The van der Waals surface area contributed by atoms with Gasteiger partial charge in [-0.05, 0) is 41.8 Å². The smallest absolute Gasteiger partial charge is 0.193 e. The number of Topliss-reactive ketones (excluding diaryl/α,β-unsaturated/α-hetero) is 1. The number of epoxide rings is 1. The summed E-state index contributed by atoms with van der Waals surface area (Å²) in [6.45, 7) is 22.0. The van der Waals surface area contributed by atoms with E-state index in [1.165, 1.54) is 0 Å². The molecule has 0 bridgehead atoms. The van der Waals surface area contributed by atoms with Crippen molar-refractivity contribution in [2.24, 2.45) is 0 Å². The SMILES string of the molecule is CC(C)(C)[Si](C)(C)OCC1=C(CO)C(=O)[C@H]2O[C@H]2[C@@H]1O[Si](C)(C)C(C)(C)C. The molecule has 1 aliphatic heterocycles. The Morgan fingerprint density at radius 1 is 1.00 bits per heavy atom. The van der Waals surface area contributed by atoms with E-state index in [1.807, 2.05) is 0 Å². The maximum Gasteiger partial charge on any atom is 0.193 e. The molecule has 5 nitrogen and oxygen atoms in total. The third-order valence-corrected chi connectivity index (χ3v) is 15.8. The van der Waals surface area contributed by atoms with Crippen LogP contribution in [0.1, 0.15) is 41.5 Å². The van der Waals surface area contributed by atoms with Crippen molar-refractivity contribution in [3.8, 4) is 0 Å². The van der Waals surface area contributed by atoms with Gasteiger partial charge in [-0.3, -0.25) is 4.79 Å². The number of carbonyl (C=O) groups is 1. The summed E-state index contributed by atoms with van der Waals surface area (Å²) in [6.07, 6.45) is -1.00. The topological polar surface area (TPSA) is 68.3 Å². The molecule has 0 amide bonds. The van der Waals surface area contributed by atoms with E-state index >= 15 is 0 Å². The number of hydrogen-bond acceptors (Lipinski definition) is 5. The lowest BCUT2D eigenvalue weighted by atomic mass is 9.89. The first-order chi connectivity index (χ1) is 12.0.